The number of hydrogen-bond acceptors (Lipinski definition) is 7. The van der Waals surface area contributed by atoms with Crippen LogP contribution in [0.4, 0.5) is 5.82 Å². The second-order valence-corrected chi connectivity index (χ2v) is 7.85. The van der Waals surface area contributed by atoms with Gasteiger partial charge in [-0.15, -0.1) is 11.3 Å². The normalized spacial score (nSPS) is 18.7. The molecule has 0 amide bonds. The van der Waals surface area contributed by atoms with E-state index in [0.29, 0.717) is 24.9 Å². The number of hydrogen-bond donors (Lipinski definition) is 1. The Morgan fingerprint density at radius 1 is 1.20 bits per heavy atom. The smallest absolute Gasteiger partial charge is 0.309 e. The average Bonchev–Trinajstić information content (AvgIpc) is 2.82. The van der Waals surface area contributed by atoms with Crippen molar-refractivity contribution in [1.29, 1.82) is 0 Å². The second-order valence-electron chi connectivity index (χ2n) is 6.76. The second kappa shape index (κ2) is 7.25. The van der Waals surface area contributed by atoms with Crippen LogP contribution in [-0.4, -0.2) is 29.2 Å². The Bertz CT molecular complexity index is 783. The van der Waals surface area contributed by atoms with Crippen LogP contribution in [0.25, 0.3) is 10.2 Å². The first-order chi connectivity index (χ1) is 12.2. The van der Waals surface area contributed by atoms with Gasteiger partial charge in [0.25, 0.3) is 0 Å². The molecule has 7 heteroatoms. The van der Waals surface area contributed by atoms with Crippen molar-refractivity contribution in [3.8, 4) is 0 Å². The number of ether oxygens (including phenoxy) is 2. The summed E-state index contributed by atoms with van der Waals surface area (Å²) in [6.07, 6.45) is 7.29. The van der Waals surface area contributed by atoms with Gasteiger partial charge in [0.2, 0.25) is 0 Å². The lowest BCUT2D eigenvalue weighted by Crippen LogP contribution is -2.25. The van der Waals surface area contributed by atoms with Crippen molar-refractivity contribution in [1.82, 2.24) is 9.97 Å². The van der Waals surface area contributed by atoms with Crippen LogP contribution in [0.3, 0.4) is 0 Å². The van der Waals surface area contributed by atoms with E-state index in [0.717, 1.165) is 35.9 Å². The lowest BCUT2D eigenvalue weighted by molar-refractivity contribution is -0.153. The fourth-order valence-corrected chi connectivity index (χ4v) is 4.95. The Balaban J connectivity index is 1.52. The number of nitrogens with two attached hydrogens (primary N) is 1. The minimum Gasteiger partial charge on any atom is -0.457 e. The van der Waals surface area contributed by atoms with E-state index in [1.54, 1.807) is 11.3 Å². The van der Waals surface area contributed by atoms with Crippen LogP contribution in [0.1, 0.15) is 48.4 Å². The zero-order valence-electron chi connectivity index (χ0n) is 14.3. The Kier molecular flexibility index (Phi) is 4.85. The van der Waals surface area contributed by atoms with Gasteiger partial charge in [-0.25, -0.2) is 9.97 Å². The van der Waals surface area contributed by atoms with Gasteiger partial charge in [0, 0.05) is 18.1 Å². The number of nitrogens with zero attached hydrogens (tertiary/aromatic N) is 2. The van der Waals surface area contributed by atoms with Crippen molar-refractivity contribution in [2.45, 2.75) is 51.6 Å². The number of carbonyl (C=O) groups excluding carboxylic acids is 1. The molecule has 0 bridgehead atoms. The monoisotopic (exact) mass is 361 g/mol. The maximum absolute atomic E-state index is 12.2. The van der Waals surface area contributed by atoms with Gasteiger partial charge < -0.3 is 15.2 Å². The molecule has 2 aliphatic rings. The highest BCUT2D eigenvalue weighted by Gasteiger charge is 2.24. The molecule has 1 fully saturated rings. The third-order valence-corrected chi connectivity index (χ3v) is 6.22. The van der Waals surface area contributed by atoms with E-state index in [2.05, 4.69) is 9.97 Å². The first-order valence-electron chi connectivity index (χ1n) is 9.03. The fraction of sp³-hybridized carbons (Fsp3) is 0.611. The number of rotatable bonds is 3. The highest BCUT2D eigenvalue weighted by Crippen LogP contribution is 2.37. The molecule has 0 unspecified atom stereocenters. The molecule has 1 saturated heterocycles. The molecule has 2 aromatic rings. The molecule has 1 aliphatic heterocycles. The molecule has 0 spiro atoms. The summed E-state index contributed by atoms with van der Waals surface area (Å²) in [6.45, 7) is 1.32. The molecule has 0 aromatic carbocycles. The quantitative estimate of drug-likeness (QED) is 0.668. The summed E-state index contributed by atoms with van der Waals surface area (Å²) in [6, 6.07) is 0. The molecule has 2 aromatic heterocycles. The van der Waals surface area contributed by atoms with E-state index in [9.17, 15) is 4.79 Å². The van der Waals surface area contributed by atoms with E-state index < -0.39 is 0 Å². The van der Waals surface area contributed by atoms with Crippen molar-refractivity contribution in [2.24, 2.45) is 5.92 Å². The van der Waals surface area contributed by atoms with Gasteiger partial charge in [0.15, 0.2) is 12.4 Å². The third kappa shape index (κ3) is 3.48. The molecule has 0 radical (unpaired) electrons. The standard InChI is InChI=1S/C18H23N3O3S/c19-16-15-12-4-2-1-3-5-13(12)25-17(15)21-14(20-16)10-24-18(22)11-6-8-23-9-7-11/h11H,1-10H2,(H2,19,20,21). The summed E-state index contributed by atoms with van der Waals surface area (Å²) >= 11 is 1.72. The summed E-state index contributed by atoms with van der Waals surface area (Å²) in [4.78, 5) is 23.5. The van der Waals surface area contributed by atoms with Gasteiger partial charge in [0.1, 0.15) is 10.6 Å². The molecular weight excluding hydrogens is 338 g/mol. The fourth-order valence-electron chi connectivity index (χ4n) is 3.66. The van der Waals surface area contributed by atoms with Crippen molar-refractivity contribution in [3.63, 3.8) is 0 Å². The predicted molar refractivity (Wildman–Crippen MR) is 96.4 cm³/mol. The highest BCUT2D eigenvalue weighted by molar-refractivity contribution is 7.19. The van der Waals surface area contributed by atoms with E-state index in [1.165, 1.54) is 29.7 Å². The van der Waals surface area contributed by atoms with Gasteiger partial charge in [-0.05, 0) is 44.1 Å². The number of nitrogen functional groups attached to an aromatic ring is 1. The molecule has 2 N–H and O–H groups in total. The zero-order valence-corrected chi connectivity index (χ0v) is 15.1. The lowest BCUT2D eigenvalue weighted by atomic mass is 10.0. The number of aromatic nitrogens is 2. The Morgan fingerprint density at radius 3 is 2.84 bits per heavy atom. The van der Waals surface area contributed by atoms with Crippen LogP contribution in [-0.2, 0) is 33.7 Å². The van der Waals surface area contributed by atoms with Crippen LogP contribution in [0.5, 0.6) is 0 Å². The maximum Gasteiger partial charge on any atom is 0.309 e. The molecule has 1 aliphatic carbocycles. The minimum atomic E-state index is -0.187. The van der Waals surface area contributed by atoms with Crippen molar-refractivity contribution < 1.29 is 14.3 Å². The van der Waals surface area contributed by atoms with Gasteiger partial charge in [-0.1, -0.05) is 6.42 Å². The number of esters is 1. The SMILES string of the molecule is Nc1nc(COC(=O)C2CCOCC2)nc2sc3c(c12)CCCCC3. The third-order valence-electron chi connectivity index (χ3n) is 5.04. The summed E-state index contributed by atoms with van der Waals surface area (Å²) in [5.41, 5.74) is 7.56. The number of anilines is 1. The minimum absolute atomic E-state index is 0.0763. The Morgan fingerprint density at radius 2 is 2.00 bits per heavy atom. The largest absolute Gasteiger partial charge is 0.457 e. The van der Waals surface area contributed by atoms with E-state index >= 15 is 0 Å². The lowest BCUT2D eigenvalue weighted by Gasteiger charge is -2.20. The Labute approximate surface area is 150 Å². The first-order valence-corrected chi connectivity index (χ1v) is 9.85. The summed E-state index contributed by atoms with van der Waals surface area (Å²) in [5, 5.41) is 1.02. The molecule has 0 saturated carbocycles. The molecule has 0 atom stereocenters. The summed E-state index contributed by atoms with van der Waals surface area (Å²) in [7, 11) is 0. The van der Waals surface area contributed by atoms with Gasteiger partial charge in [0.05, 0.1) is 11.3 Å². The topological polar surface area (TPSA) is 87.3 Å². The van der Waals surface area contributed by atoms with Crippen LogP contribution >= 0.6 is 11.3 Å². The number of thiophene rings is 1. The van der Waals surface area contributed by atoms with Gasteiger partial charge in [-0.2, -0.15) is 0 Å². The number of carbonyl (C=O) groups is 1. The van der Waals surface area contributed by atoms with Crippen molar-refractivity contribution in [3.05, 3.63) is 16.3 Å². The average molecular weight is 361 g/mol. The van der Waals surface area contributed by atoms with Crippen LogP contribution in [0, 0.1) is 5.92 Å². The van der Waals surface area contributed by atoms with Crippen molar-refractivity contribution >= 4 is 33.3 Å². The molecule has 134 valence electrons. The summed E-state index contributed by atoms with van der Waals surface area (Å²) < 4.78 is 10.7. The molecule has 4 rings (SSSR count). The summed E-state index contributed by atoms with van der Waals surface area (Å²) in [5.74, 6) is 0.739. The van der Waals surface area contributed by atoms with E-state index in [1.807, 2.05) is 0 Å². The number of aryl methyl sites for hydroxylation is 2. The van der Waals surface area contributed by atoms with E-state index in [4.69, 9.17) is 15.2 Å². The predicted octanol–water partition coefficient (Wildman–Crippen LogP) is 3.01. The zero-order chi connectivity index (χ0) is 17.2. The van der Waals surface area contributed by atoms with Crippen molar-refractivity contribution in [2.75, 3.05) is 18.9 Å². The van der Waals surface area contributed by atoms with Crippen LogP contribution in [0.2, 0.25) is 0 Å². The van der Waals surface area contributed by atoms with Crippen LogP contribution in [0.15, 0.2) is 0 Å². The molecule has 6 nitrogen and oxygen atoms in total. The van der Waals surface area contributed by atoms with Crippen LogP contribution < -0.4 is 5.73 Å². The van der Waals surface area contributed by atoms with Gasteiger partial charge in [-0.3, -0.25) is 4.79 Å². The maximum atomic E-state index is 12.2. The number of fused-ring (bicyclic) bond motifs is 3. The highest BCUT2D eigenvalue weighted by atomic mass is 32.1. The van der Waals surface area contributed by atoms with Gasteiger partial charge >= 0.3 is 5.97 Å². The van der Waals surface area contributed by atoms with E-state index in [-0.39, 0.29) is 18.5 Å². The molecule has 25 heavy (non-hydrogen) atoms. The first kappa shape index (κ1) is 16.7. The Hall–Kier alpha value is -1.73. The molecule has 3 heterocycles. The molecular formula is C18H23N3O3S.